The fourth-order valence-corrected chi connectivity index (χ4v) is 3.93. The van der Waals surface area contributed by atoms with Crippen LogP contribution in [0.2, 0.25) is 0 Å². The molecule has 0 unspecified atom stereocenters. The van der Waals surface area contributed by atoms with Gasteiger partial charge in [-0.3, -0.25) is 0 Å². The molecule has 1 saturated carbocycles. The molecule has 1 rings (SSSR count). The first kappa shape index (κ1) is 12.4. The van der Waals surface area contributed by atoms with Gasteiger partial charge in [0.15, 0.2) is 0 Å². The summed E-state index contributed by atoms with van der Waals surface area (Å²) in [6.45, 7) is 0. The fraction of sp³-hybridized carbons (Fsp3) is 0.800. The highest BCUT2D eigenvalue weighted by molar-refractivity contribution is 7.88. The highest BCUT2D eigenvalue weighted by atomic mass is 31.1. The van der Waals surface area contributed by atoms with Crippen molar-refractivity contribution < 1.29 is 19.1 Å². The molecule has 0 amide bonds. The lowest BCUT2D eigenvalue weighted by molar-refractivity contribution is 0.191. The number of carbonyl (C=O) groups is 2. The third-order valence-electron chi connectivity index (χ3n) is 2.68. The molecule has 1 aliphatic carbocycles. The van der Waals surface area contributed by atoms with Gasteiger partial charge in [-0.2, -0.15) is 0 Å². The predicted octanol–water partition coefficient (Wildman–Crippen LogP) is 3.33. The molecule has 0 aromatic carbocycles. The van der Waals surface area contributed by atoms with E-state index in [0.29, 0.717) is 0 Å². The van der Waals surface area contributed by atoms with E-state index in [1.54, 1.807) is 0 Å². The van der Waals surface area contributed by atoms with Crippen LogP contribution in [0.15, 0.2) is 0 Å². The van der Waals surface area contributed by atoms with E-state index in [0.717, 1.165) is 25.7 Å². The van der Waals surface area contributed by atoms with Crippen LogP contribution in [-0.4, -0.2) is 31.3 Å². The van der Waals surface area contributed by atoms with Gasteiger partial charge in [0.25, 0.3) is 0 Å². The van der Waals surface area contributed by atoms with Crippen LogP contribution in [0.25, 0.3) is 0 Å². The van der Waals surface area contributed by atoms with E-state index in [-0.39, 0.29) is 5.66 Å². The molecule has 1 fully saturated rings. The molecule has 0 aliphatic heterocycles. The van der Waals surface area contributed by atoms with Gasteiger partial charge in [0, 0.05) is 0 Å². The molecule has 1 aliphatic rings. The summed E-state index contributed by atoms with van der Waals surface area (Å²) in [6.07, 6.45) is 5.27. The standard InChI is InChI=1S/C10H17O4P/c1-13-9(11)15(10(12)14-2)8-6-4-3-5-7-8/h8H,3-7H2,1-2H3. The first-order valence-electron chi connectivity index (χ1n) is 5.15. The third-order valence-corrected chi connectivity index (χ3v) is 5.08. The number of hydrogen-bond donors (Lipinski definition) is 0. The Hall–Kier alpha value is -0.630. The third kappa shape index (κ3) is 3.16. The zero-order valence-electron chi connectivity index (χ0n) is 9.19. The van der Waals surface area contributed by atoms with Crippen molar-refractivity contribution in [1.29, 1.82) is 0 Å². The maximum absolute atomic E-state index is 11.5. The summed E-state index contributed by atoms with van der Waals surface area (Å²) in [5.41, 5.74) is -0.638. The van der Waals surface area contributed by atoms with Gasteiger partial charge in [0.2, 0.25) is 0 Å². The van der Waals surface area contributed by atoms with Gasteiger partial charge in [-0.25, -0.2) is 9.59 Å². The van der Waals surface area contributed by atoms with Crippen LogP contribution in [0.1, 0.15) is 32.1 Å². The Balaban J connectivity index is 2.69. The zero-order chi connectivity index (χ0) is 11.3. The molecule has 15 heavy (non-hydrogen) atoms. The summed E-state index contributed by atoms with van der Waals surface area (Å²) in [6, 6.07) is 0. The molecule has 0 spiro atoms. The van der Waals surface area contributed by atoms with Gasteiger partial charge in [0.05, 0.1) is 14.2 Å². The van der Waals surface area contributed by atoms with Crippen molar-refractivity contribution in [2.45, 2.75) is 37.8 Å². The van der Waals surface area contributed by atoms with Crippen molar-refractivity contribution in [3.8, 4) is 0 Å². The molecule has 0 aromatic rings. The van der Waals surface area contributed by atoms with Crippen LogP contribution in [0.3, 0.4) is 0 Å². The van der Waals surface area contributed by atoms with E-state index in [1.807, 2.05) is 0 Å². The first-order valence-corrected chi connectivity index (χ1v) is 6.57. The second-order valence-corrected chi connectivity index (χ2v) is 5.80. The van der Waals surface area contributed by atoms with Crippen LogP contribution < -0.4 is 0 Å². The van der Waals surface area contributed by atoms with Crippen LogP contribution in [-0.2, 0) is 9.47 Å². The average Bonchev–Trinajstić information content (AvgIpc) is 2.30. The smallest absolute Gasteiger partial charge is 0.337 e. The molecule has 0 N–H and O–H groups in total. The van der Waals surface area contributed by atoms with Crippen molar-refractivity contribution >= 4 is 19.3 Å². The lowest BCUT2D eigenvalue weighted by Gasteiger charge is -2.26. The Morgan fingerprint density at radius 2 is 1.47 bits per heavy atom. The highest BCUT2D eigenvalue weighted by Crippen LogP contribution is 2.50. The molecule has 5 heteroatoms. The molecule has 0 radical (unpaired) electrons. The van der Waals surface area contributed by atoms with Crippen molar-refractivity contribution in [3.05, 3.63) is 0 Å². The minimum atomic E-state index is -1.42. The molecular formula is C10H17O4P. The lowest BCUT2D eigenvalue weighted by Crippen LogP contribution is -2.19. The Labute approximate surface area is 91.1 Å². The summed E-state index contributed by atoms with van der Waals surface area (Å²) >= 11 is 0. The minimum absolute atomic E-state index is 0.161. The Bertz CT molecular complexity index is 220. The fourth-order valence-electron chi connectivity index (χ4n) is 1.91. The maximum atomic E-state index is 11.5. The quantitative estimate of drug-likeness (QED) is 0.700. The highest BCUT2D eigenvalue weighted by Gasteiger charge is 2.37. The lowest BCUT2D eigenvalue weighted by atomic mass is 10.0. The van der Waals surface area contributed by atoms with Crippen LogP contribution in [0, 0.1) is 0 Å². The number of hydrogen-bond acceptors (Lipinski definition) is 4. The van der Waals surface area contributed by atoms with Crippen molar-refractivity contribution in [1.82, 2.24) is 0 Å². The summed E-state index contributed by atoms with van der Waals surface area (Å²) in [5.74, 6) is 0. The van der Waals surface area contributed by atoms with Crippen molar-refractivity contribution in [3.63, 3.8) is 0 Å². The van der Waals surface area contributed by atoms with Crippen molar-refractivity contribution in [2.24, 2.45) is 0 Å². The molecule has 4 nitrogen and oxygen atoms in total. The first-order chi connectivity index (χ1) is 7.20. The minimum Gasteiger partial charge on any atom is -0.465 e. The van der Waals surface area contributed by atoms with Gasteiger partial charge in [-0.1, -0.05) is 19.3 Å². The van der Waals surface area contributed by atoms with Crippen LogP contribution >= 0.6 is 7.92 Å². The Morgan fingerprint density at radius 3 is 1.87 bits per heavy atom. The summed E-state index contributed by atoms with van der Waals surface area (Å²) in [7, 11) is 1.22. The van der Waals surface area contributed by atoms with Gasteiger partial charge >= 0.3 is 11.4 Å². The molecular weight excluding hydrogens is 215 g/mol. The molecule has 0 bridgehead atoms. The van der Waals surface area contributed by atoms with E-state index >= 15 is 0 Å². The van der Waals surface area contributed by atoms with Crippen LogP contribution in [0.5, 0.6) is 0 Å². The van der Waals surface area contributed by atoms with Crippen LogP contribution in [0.4, 0.5) is 9.59 Å². The average molecular weight is 232 g/mol. The molecule has 0 heterocycles. The van der Waals surface area contributed by atoms with Gasteiger partial charge in [-0.05, 0) is 18.5 Å². The number of methoxy groups -OCH3 is 2. The van der Waals surface area contributed by atoms with E-state index in [2.05, 4.69) is 9.47 Å². The monoisotopic (exact) mass is 232 g/mol. The predicted molar refractivity (Wildman–Crippen MR) is 58.6 cm³/mol. The van der Waals surface area contributed by atoms with E-state index < -0.39 is 19.3 Å². The Kier molecular flexibility index (Phi) is 5.03. The Morgan fingerprint density at radius 1 is 1.00 bits per heavy atom. The molecule has 0 aromatic heterocycles. The van der Waals surface area contributed by atoms with Gasteiger partial charge in [-0.15, -0.1) is 0 Å². The molecule has 0 atom stereocenters. The van der Waals surface area contributed by atoms with Gasteiger partial charge in [0.1, 0.15) is 7.92 Å². The maximum Gasteiger partial charge on any atom is 0.337 e. The van der Waals surface area contributed by atoms with E-state index in [1.165, 1.54) is 20.6 Å². The second-order valence-electron chi connectivity index (χ2n) is 3.60. The van der Waals surface area contributed by atoms with Gasteiger partial charge < -0.3 is 9.47 Å². The number of rotatable bonds is 3. The largest absolute Gasteiger partial charge is 0.465 e. The summed E-state index contributed by atoms with van der Waals surface area (Å²) < 4.78 is 9.36. The number of ether oxygens (including phenoxy) is 2. The topological polar surface area (TPSA) is 52.6 Å². The summed E-state index contributed by atoms with van der Waals surface area (Å²) in [4.78, 5) is 23.0. The molecule has 86 valence electrons. The number of carbonyl (C=O) groups excluding carboxylic acids is 2. The molecule has 0 saturated heterocycles. The normalized spacial score (nSPS) is 17.5. The summed E-state index contributed by atoms with van der Waals surface area (Å²) in [5, 5.41) is 0. The zero-order valence-corrected chi connectivity index (χ0v) is 10.1. The van der Waals surface area contributed by atoms with E-state index in [9.17, 15) is 9.59 Å². The van der Waals surface area contributed by atoms with Crippen molar-refractivity contribution in [2.75, 3.05) is 14.2 Å². The SMILES string of the molecule is COC(=O)P(C(=O)OC)C1CCCCC1. The second kappa shape index (κ2) is 6.06. The van der Waals surface area contributed by atoms with E-state index in [4.69, 9.17) is 0 Å².